The lowest BCUT2D eigenvalue weighted by Gasteiger charge is -2.13. The molecule has 0 atom stereocenters. The van der Waals surface area contributed by atoms with Gasteiger partial charge in [0.1, 0.15) is 4.88 Å². The minimum Gasteiger partial charge on any atom is -0.368 e. The zero-order chi connectivity index (χ0) is 12.7. The minimum absolute atomic E-state index is 0.00780. The standard InChI is InChI=1S/C11H11N5OS/c1-6-9(18-5-14-6)10(17)16-3-7-2-13-11(12)15-8(7)4-16/h2,5H,3-4H2,1H3,(H2,12,13,15). The van der Waals surface area contributed by atoms with Crippen LogP contribution in [-0.4, -0.2) is 25.8 Å². The van der Waals surface area contributed by atoms with E-state index < -0.39 is 0 Å². The molecule has 92 valence electrons. The predicted molar refractivity (Wildman–Crippen MR) is 66.9 cm³/mol. The van der Waals surface area contributed by atoms with Crippen LogP contribution in [0.2, 0.25) is 0 Å². The number of nitrogen functional groups attached to an aromatic ring is 1. The number of aryl methyl sites for hydroxylation is 1. The number of carbonyl (C=O) groups excluding carboxylic acids is 1. The molecular weight excluding hydrogens is 250 g/mol. The monoisotopic (exact) mass is 261 g/mol. The van der Waals surface area contributed by atoms with Crippen LogP contribution in [0.4, 0.5) is 5.95 Å². The highest BCUT2D eigenvalue weighted by Gasteiger charge is 2.27. The van der Waals surface area contributed by atoms with Gasteiger partial charge in [0.2, 0.25) is 5.95 Å². The topological polar surface area (TPSA) is 85.0 Å². The molecule has 1 aliphatic rings. The van der Waals surface area contributed by atoms with Crippen molar-refractivity contribution >= 4 is 23.2 Å². The molecule has 6 nitrogen and oxygen atoms in total. The third kappa shape index (κ3) is 1.72. The number of hydrogen-bond donors (Lipinski definition) is 1. The van der Waals surface area contributed by atoms with Gasteiger partial charge < -0.3 is 10.6 Å². The molecule has 0 aliphatic carbocycles. The number of amides is 1. The predicted octanol–water partition coefficient (Wildman–Crippen LogP) is 0.980. The third-order valence-corrected chi connectivity index (χ3v) is 3.82. The van der Waals surface area contributed by atoms with Crippen molar-refractivity contribution in [3.8, 4) is 0 Å². The molecule has 3 heterocycles. The van der Waals surface area contributed by atoms with Crippen LogP contribution >= 0.6 is 11.3 Å². The number of nitrogens with zero attached hydrogens (tertiary/aromatic N) is 4. The molecule has 0 bridgehead atoms. The van der Waals surface area contributed by atoms with Crippen LogP contribution in [0.25, 0.3) is 0 Å². The Morgan fingerprint density at radius 1 is 1.44 bits per heavy atom. The van der Waals surface area contributed by atoms with Gasteiger partial charge in [-0.1, -0.05) is 0 Å². The summed E-state index contributed by atoms with van der Waals surface area (Å²) in [6, 6.07) is 0. The summed E-state index contributed by atoms with van der Waals surface area (Å²) in [5.74, 6) is 0.239. The third-order valence-electron chi connectivity index (χ3n) is 2.90. The highest BCUT2D eigenvalue weighted by atomic mass is 32.1. The van der Waals surface area contributed by atoms with Crippen molar-refractivity contribution in [2.75, 3.05) is 5.73 Å². The smallest absolute Gasteiger partial charge is 0.266 e. The number of thiazole rings is 1. The fourth-order valence-corrected chi connectivity index (χ4v) is 2.73. The number of aromatic nitrogens is 3. The molecule has 0 radical (unpaired) electrons. The summed E-state index contributed by atoms with van der Waals surface area (Å²) in [6.07, 6.45) is 1.68. The lowest BCUT2D eigenvalue weighted by molar-refractivity contribution is 0.0754. The molecule has 0 saturated heterocycles. The van der Waals surface area contributed by atoms with Crippen LogP contribution in [0.15, 0.2) is 11.7 Å². The van der Waals surface area contributed by atoms with E-state index >= 15 is 0 Å². The van der Waals surface area contributed by atoms with Crippen LogP contribution in [0.3, 0.4) is 0 Å². The van der Waals surface area contributed by atoms with Crippen molar-refractivity contribution in [2.24, 2.45) is 0 Å². The van der Waals surface area contributed by atoms with E-state index in [1.165, 1.54) is 11.3 Å². The van der Waals surface area contributed by atoms with E-state index in [-0.39, 0.29) is 11.9 Å². The second-order valence-electron chi connectivity index (χ2n) is 4.13. The van der Waals surface area contributed by atoms with Crippen molar-refractivity contribution in [3.05, 3.63) is 33.5 Å². The molecule has 2 aromatic rings. The Kier molecular flexibility index (Phi) is 2.48. The maximum atomic E-state index is 12.3. The van der Waals surface area contributed by atoms with Gasteiger partial charge in [0, 0.05) is 18.3 Å². The second kappa shape index (κ2) is 4.02. The number of hydrogen-bond acceptors (Lipinski definition) is 6. The highest BCUT2D eigenvalue weighted by Crippen LogP contribution is 2.24. The molecule has 0 unspecified atom stereocenters. The first-order valence-corrected chi connectivity index (χ1v) is 6.32. The van der Waals surface area contributed by atoms with Crippen LogP contribution in [0.5, 0.6) is 0 Å². The number of nitrogens with two attached hydrogens (primary N) is 1. The highest BCUT2D eigenvalue weighted by molar-refractivity contribution is 7.11. The molecule has 1 amide bonds. The maximum Gasteiger partial charge on any atom is 0.266 e. The van der Waals surface area contributed by atoms with E-state index in [2.05, 4.69) is 15.0 Å². The summed E-state index contributed by atoms with van der Waals surface area (Å²) in [5, 5.41) is 0. The number of anilines is 1. The van der Waals surface area contributed by atoms with Gasteiger partial charge in [0.25, 0.3) is 5.91 Å². The van der Waals surface area contributed by atoms with Gasteiger partial charge in [0.15, 0.2) is 0 Å². The summed E-state index contributed by atoms with van der Waals surface area (Å²) in [6.45, 7) is 2.86. The summed E-state index contributed by atoms with van der Waals surface area (Å²) >= 11 is 1.36. The van der Waals surface area contributed by atoms with E-state index in [4.69, 9.17) is 5.73 Å². The summed E-state index contributed by atoms with van der Waals surface area (Å²) in [7, 11) is 0. The van der Waals surface area contributed by atoms with Crippen molar-refractivity contribution in [2.45, 2.75) is 20.0 Å². The molecule has 2 aromatic heterocycles. The number of fused-ring (bicyclic) bond motifs is 1. The first-order valence-electron chi connectivity index (χ1n) is 5.45. The van der Waals surface area contributed by atoms with E-state index in [0.29, 0.717) is 18.0 Å². The zero-order valence-corrected chi connectivity index (χ0v) is 10.6. The van der Waals surface area contributed by atoms with Gasteiger partial charge in [-0.3, -0.25) is 4.79 Å². The fraction of sp³-hybridized carbons (Fsp3) is 0.273. The second-order valence-corrected chi connectivity index (χ2v) is 4.98. The van der Waals surface area contributed by atoms with Crippen molar-refractivity contribution in [3.63, 3.8) is 0 Å². The lowest BCUT2D eigenvalue weighted by atomic mass is 10.3. The molecule has 2 N–H and O–H groups in total. The molecule has 7 heteroatoms. The maximum absolute atomic E-state index is 12.3. The Balaban J connectivity index is 1.86. The molecule has 18 heavy (non-hydrogen) atoms. The van der Waals surface area contributed by atoms with Gasteiger partial charge >= 0.3 is 0 Å². The van der Waals surface area contributed by atoms with E-state index in [1.54, 1.807) is 16.6 Å². The number of rotatable bonds is 1. The Bertz CT molecular complexity index is 624. The molecule has 1 aliphatic heterocycles. The summed E-state index contributed by atoms with van der Waals surface area (Å²) < 4.78 is 0. The van der Waals surface area contributed by atoms with Gasteiger partial charge in [-0.2, -0.15) is 0 Å². The van der Waals surface area contributed by atoms with E-state index in [9.17, 15) is 4.79 Å². The molecule has 3 rings (SSSR count). The van der Waals surface area contributed by atoms with E-state index in [0.717, 1.165) is 17.0 Å². The first kappa shape index (κ1) is 11.1. The molecule has 0 saturated carbocycles. The minimum atomic E-state index is -0.00780. The molecule has 0 fully saturated rings. The van der Waals surface area contributed by atoms with Crippen LogP contribution in [0.1, 0.15) is 26.6 Å². The van der Waals surface area contributed by atoms with Gasteiger partial charge in [-0.05, 0) is 6.92 Å². The SMILES string of the molecule is Cc1ncsc1C(=O)N1Cc2cnc(N)nc2C1. The van der Waals surface area contributed by atoms with Crippen molar-refractivity contribution in [1.82, 2.24) is 19.9 Å². The molecule has 0 aromatic carbocycles. The Morgan fingerprint density at radius 2 is 2.28 bits per heavy atom. The van der Waals surface area contributed by atoms with Crippen molar-refractivity contribution in [1.29, 1.82) is 0 Å². The quantitative estimate of drug-likeness (QED) is 0.827. The molecule has 0 spiro atoms. The summed E-state index contributed by atoms with van der Waals surface area (Å²) in [4.78, 5) is 26.9. The fourth-order valence-electron chi connectivity index (χ4n) is 1.96. The van der Waals surface area contributed by atoms with Crippen molar-refractivity contribution < 1.29 is 4.79 Å². The average Bonchev–Trinajstić information content (AvgIpc) is 2.93. The Morgan fingerprint density at radius 3 is 3.00 bits per heavy atom. The largest absolute Gasteiger partial charge is 0.368 e. The Labute approximate surface area is 108 Å². The zero-order valence-electron chi connectivity index (χ0n) is 9.75. The first-order chi connectivity index (χ1) is 8.65. The van der Waals surface area contributed by atoms with E-state index in [1.807, 2.05) is 6.92 Å². The van der Waals surface area contributed by atoms with Crippen LogP contribution in [0, 0.1) is 6.92 Å². The Hall–Kier alpha value is -2.02. The van der Waals surface area contributed by atoms with Gasteiger partial charge in [-0.25, -0.2) is 15.0 Å². The normalized spacial score (nSPS) is 13.7. The lowest BCUT2D eigenvalue weighted by Crippen LogP contribution is -2.25. The molecular formula is C11H11N5OS. The average molecular weight is 261 g/mol. The number of carbonyl (C=O) groups is 1. The van der Waals surface area contributed by atoms with Crippen LogP contribution in [-0.2, 0) is 13.1 Å². The van der Waals surface area contributed by atoms with Gasteiger partial charge in [0.05, 0.1) is 23.4 Å². The summed E-state index contributed by atoms with van der Waals surface area (Å²) in [5.41, 5.74) is 9.78. The van der Waals surface area contributed by atoms with Crippen LogP contribution < -0.4 is 5.73 Å². The van der Waals surface area contributed by atoms with Gasteiger partial charge in [-0.15, -0.1) is 11.3 Å².